The van der Waals surface area contributed by atoms with Gasteiger partial charge >= 0.3 is 0 Å². The fourth-order valence-corrected chi connectivity index (χ4v) is 2.73. The van der Waals surface area contributed by atoms with Gasteiger partial charge in [0.15, 0.2) is 0 Å². The Balaban J connectivity index is 1.47. The van der Waals surface area contributed by atoms with Gasteiger partial charge in [-0.2, -0.15) is 4.98 Å². The minimum Gasteiger partial charge on any atom is -0.379 e. The number of nitrogens with zero attached hydrogens (tertiary/aromatic N) is 3. The van der Waals surface area contributed by atoms with E-state index >= 15 is 0 Å². The van der Waals surface area contributed by atoms with Crippen LogP contribution < -0.4 is 10.6 Å². The Bertz CT molecular complexity index is 648. The molecule has 128 valence electrons. The van der Waals surface area contributed by atoms with Crippen molar-refractivity contribution in [3.63, 3.8) is 0 Å². The van der Waals surface area contributed by atoms with E-state index in [0.29, 0.717) is 12.5 Å². The standard InChI is InChI=1S/C17H22ClN5O/c18-15-4-2-1-3-14(15)13-21-17-20-6-5-16(22-17)19-7-8-23-9-11-24-12-10-23/h1-6H,7-13H2,(H2,19,20,21,22). The van der Waals surface area contributed by atoms with E-state index in [4.69, 9.17) is 16.3 Å². The molecule has 3 rings (SSSR count). The maximum absolute atomic E-state index is 6.16. The molecular weight excluding hydrogens is 326 g/mol. The largest absolute Gasteiger partial charge is 0.379 e. The van der Waals surface area contributed by atoms with Gasteiger partial charge in [0, 0.05) is 43.9 Å². The van der Waals surface area contributed by atoms with Crippen molar-refractivity contribution in [2.24, 2.45) is 0 Å². The average Bonchev–Trinajstić information content (AvgIpc) is 2.62. The summed E-state index contributed by atoms with van der Waals surface area (Å²) in [6.07, 6.45) is 1.75. The van der Waals surface area contributed by atoms with Gasteiger partial charge in [0.2, 0.25) is 5.95 Å². The summed E-state index contributed by atoms with van der Waals surface area (Å²) in [7, 11) is 0. The first kappa shape index (κ1) is 17.0. The molecule has 0 amide bonds. The summed E-state index contributed by atoms with van der Waals surface area (Å²) in [5.74, 6) is 1.41. The molecule has 0 bridgehead atoms. The van der Waals surface area contributed by atoms with Crippen LogP contribution in [0.2, 0.25) is 5.02 Å². The fraction of sp³-hybridized carbons (Fsp3) is 0.412. The molecule has 7 heteroatoms. The first-order valence-electron chi connectivity index (χ1n) is 8.15. The van der Waals surface area contributed by atoms with E-state index in [1.54, 1.807) is 6.20 Å². The third kappa shape index (κ3) is 5.06. The summed E-state index contributed by atoms with van der Waals surface area (Å²) < 4.78 is 5.35. The van der Waals surface area contributed by atoms with Gasteiger partial charge in [-0.05, 0) is 17.7 Å². The SMILES string of the molecule is Clc1ccccc1CNc1nccc(NCCN2CCOCC2)n1. The summed E-state index contributed by atoms with van der Waals surface area (Å²) in [6.45, 7) is 6.06. The molecule has 0 aliphatic carbocycles. The maximum Gasteiger partial charge on any atom is 0.224 e. The number of aromatic nitrogens is 2. The lowest BCUT2D eigenvalue weighted by molar-refractivity contribution is 0.0398. The Kier molecular flexibility index (Phi) is 6.23. The highest BCUT2D eigenvalue weighted by Gasteiger charge is 2.09. The molecule has 0 radical (unpaired) electrons. The van der Waals surface area contributed by atoms with Crippen LogP contribution in [0.25, 0.3) is 0 Å². The molecule has 2 N–H and O–H groups in total. The number of rotatable bonds is 7. The maximum atomic E-state index is 6.16. The molecule has 0 spiro atoms. The van der Waals surface area contributed by atoms with Crippen LogP contribution in [0.15, 0.2) is 36.5 Å². The second-order valence-electron chi connectivity index (χ2n) is 5.59. The lowest BCUT2D eigenvalue weighted by Gasteiger charge is -2.26. The molecule has 1 aliphatic rings. The zero-order valence-corrected chi connectivity index (χ0v) is 14.3. The van der Waals surface area contributed by atoms with Gasteiger partial charge in [0.05, 0.1) is 13.2 Å². The van der Waals surface area contributed by atoms with Gasteiger partial charge in [0.1, 0.15) is 5.82 Å². The van der Waals surface area contributed by atoms with Crippen molar-refractivity contribution in [1.29, 1.82) is 0 Å². The lowest BCUT2D eigenvalue weighted by Crippen LogP contribution is -2.39. The number of hydrogen-bond donors (Lipinski definition) is 2. The topological polar surface area (TPSA) is 62.3 Å². The van der Waals surface area contributed by atoms with E-state index in [-0.39, 0.29) is 0 Å². The highest BCUT2D eigenvalue weighted by atomic mass is 35.5. The predicted molar refractivity (Wildman–Crippen MR) is 96.6 cm³/mol. The quantitative estimate of drug-likeness (QED) is 0.802. The molecule has 1 saturated heterocycles. The van der Waals surface area contributed by atoms with Crippen LogP contribution in [0.5, 0.6) is 0 Å². The van der Waals surface area contributed by atoms with E-state index in [1.165, 1.54) is 0 Å². The molecule has 0 saturated carbocycles. The number of benzene rings is 1. The smallest absolute Gasteiger partial charge is 0.224 e. The van der Waals surface area contributed by atoms with Crippen LogP contribution in [0.4, 0.5) is 11.8 Å². The van der Waals surface area contributed by atoms with E-state index in [9.17, 15) is 0 Å². The Morgan fingerprint density at radius 3 is 2.79 bits per heavy atom. The molecule has 2 aromatic rings. The Labute approximate surface area is 147 Å². The van der Waals surface area contributed by atoms with E-state index in [1.807, 2.05) is 30.3 Å². The monoisotopic (exact) mass is 347 g/mol. The fourth-order valence-electron chi connectivity index (χ4n) is 2.53. The second-order valence-corrected chi connectivity index (χ2v) is 6.00. The third-order valence-electron chi connectivity index (χ3n) is 3.89. The molecule has 0 unspecified atom stereocenters. The van der Waals surface area contributed by atoms with Crippen LogP contribution in [0.1, 0.15) is 5.56 Å². The summed E-state index contributed by atoms with van der Waals surface area (Å²) in [6, 6.07) is 9.62. The number of morpholine rings is 1. The van der Waals surface area contributed by atoms with E-state index in [2.05, 4.69) is 25.5 Å². The first-order valence-corrected chi connectivity index (χ1v) is 8.53. The minimum absolute atomic E-state index is 0.589. The predicted octanol–water partition coefficient (Wildman–Crippen LogP) is 2.49. The average molecular weight is 348 g/mol. The Hall–Kier alpha value is -1.89. The van der Waals surface area contributed by atoms with Crippen molar-refractivity contribution < 1.29 is 4.74 Å². The number of anilines is 2. The van der Waals surface area contributed by atoms with Crippen molar-refractivity contribution in [2.75, 3.05) is 50.0 Å². The normalized spacial score (nSPS) is 15.2. The molecule has 1 aliphatic heterocycles. The molecule has 24 heavy (non-hydrogen) atoms. The van der Waals surface area contributed by atoms with Crippen LogP contribution in [-0.4, -0.2) is 54.3 Å². The van der Waals surface area contributed by atoms with Crippen molar-refractivity contribution in [3.8, 4) is 0 Å². The first-order chi connectivity index (χ1) is 11.8. The van der Waals surface area contributed by atoms with E-state index in [0.717, 1.165) is 55.8 Å². The summed E-state index contributed by atoms with van der Waals surface area (Å²) in [5, 5.41) is 7.29. The molecule has 1 aromatic carbocycles. The Morgan fingerprint density at radius 1 is 1.12 bits per heavy atom. The number of ether oxygens (including phenoxy) is 1. The van der Waals surface area contributed by atoms with Gasteiger partial charge < -0.3 is 15.4 Å². The number of nitrogens with one attached hydrogen (secondary N) is 2. The van der Waals surface area contributed by atoms with Crippen LogP contribution in [-0.2, 0) is 11.3 Å². The van der Waals surface area contributed by atoms with Crippen LogP contribution in [0.3, 0.4) is 0 Å². The van der Waals surface area contributed by atoms with Crippen molar-refractivity contribution in [3.05, 3.63) is 47.1 Å². The Morgan fingerprint density at radius 2 is 1.96 bits per heavy atom. The highest BCUT2D eigenvalue weighted by molar-refractivity contribution is 6.31. The summed E-state index contributed by atoms with van der Waals surface area (Å²) in [4.78, 5) is 11.1. The van der Waals surface area contributed by atoms with Crippen LogP contribution in [0, 0.1) is 0 Å². The molecule has 1 fully saturated rings. The zero-order valence-electron chi connectivity index (χ0n) is 13.5. The summed E-state index contributed by atoms with van der Waals surface area (Å²) >= 11 is 6.16. The van der Waals surface area contributed by atoms with E-state index < -0.39 is 0 Å². The van der Waals surface area contributed by atoms with Gasteiger partial charge in [-0.3, -0.25) is 4.90 Å². The minimum atomic E-state index is 0.589. The summed E-state index contributed by atoms with van der Waals surface area (Å²) in [5.41, 5.74) is 1.02. The third-order valence-corrected chi connectivity index (χ3v) is 4.26. The highest BCUT2D eigenvalue weighted by Crippen LogP contribution is 2.16. The molecular formula is C17H22ClN5O. The van der Waals surface area contributed by atoms with Gasteiger partial charge in [0.25, 0.3) is 0 Å². The number of halogens is 1. The zero-order chi connectivity index (χ0) is 16.6. The molecule has 6 nitrogen and oxygen atoms in total. The van der Waals surface area contributed by atoms with Gasteiger partial charge in [-0.1, -0.05) is 29.8 Å². The van der Waals surface area contributed by atoms with Crippen molar-refractivity contribution >= 4 is 23.4 Å². The second kappa shape index (κ2) is 8.82. The molecule has 0 atom stereocenters. The lowest BCUT2D eigenvalue weighted by atomic mass is 10.2. The van der Waals surface area contributed by atoms with Crippen molar-refractivity contribution in [2.45, 2.75) is 6.54 Å². The van der Waals surface area contributed by atoms with Gasteiger partial charge in [-0.15, -0.1) is 0 Å². The molecule has 1 aromatic heterocycles. The van der Waals surface area contributed by atoms with Crippen LogP contribution >= 0.6 is 11.6 Å². The van der Waals surface area contributed by atoms with Gasteiger partial charge in [-0.25, -0.2) is 4.98 Å². The number of hydrogen-bond acceptors (Lipinski definition) is 6. The molecule has 2 heterocycles. The van der Waals surface area contributed by atoms with Crippen molar-refractivity contribution in [1.82, 2.24) is 14.9 Å².